The van der Waals surface area contributed by atoms with Gasteiger partial charge in [-0.15, -0.1) is 5.10 Å². The van der Waals surface area contributed by atoms with Gasteiger partial charge < -0.3 is 10.4 Å². The lowest BCUT2D eigenvalue weighted by Gasteiger charge is -2.21. The minimum absolute atomic E-state index is 0.0216. The Bertz CT molecular complexity index is 346. The van der Waals surface area contributed by atoms with E-state index in [9.17, 15) is 4.79 Å². The zero-order valence-corrected chi connectivity index (χ0v) is 9.19. The van der Waals surface area contributed by atoms with Gasteiger partial charge in [0, 0.05) is 25.6 Å². The molecule has 0 spiro atoms. The van der Waals surface area contributed by atoms with Crippen LogP contribution in [0, 0.1) is 5.41 Å². The maximum absolute atomic E-state index is 11.5. The van der Waals surface area contributed by atoms with Crippen LogP contribution in [0.4, 0.5) is 0 Å². The van der Waals surface area contributed by atoms with Crippen LogP contribution in [-0.4, -0.2) is 39.2 Å². The fourth-order valence-corrected chi connectivity index (χ4v) is 0.917. The minimum Gasteiger partial charge on any atom is -0.396 e. The summed E-state index contributed by atoms with van der Waals surface area (Å²) in [6, 6.07) is 0. The summed E-state index contributed by atoms with van der Waals surface area (Å²) in [6.07, 6.45) is 1.54. The van der Waals surface area contributed by atoms with Gasteiger partial charge in [0.15, 0.2) is 5.69 Å². The predicted octanol–water partition coefficient (Wildman–Crippen LogP) is -0.437. The zero-order chi connectivity index (χ0) is 11.5. The zero-order valence-electron chi connectivity index (χ0n) is 9.19. The number of aryl methyl sites for hydroxylation is 1. The molecule has 0 saturated carbocycles. The van der Waals surface area contributed by atoms with Gasteiger partial charge in [0.05, 0.1) is 6.20 Å². The molecule has 0 aromatic carbocycles. The van der Waals surface area contributed by atoms with Crippen LogP contribution in [0.25, 0.3) is 0 Å². The van der Waals surface area contributed by atoms with Gasteiger partial charge in [0.1, 0.15) is 0 Å². The van der Waals surface area contributed by atoms with Crippen molar-refractivity contribution in [1.82, 2.24) is 20.3 Å². The first-order valence-corrected chi connectivity index (χ1v) is 4.70. The first-order chi connectivity index (χ1) is 6.94. The molecule has 1 aromatic heterocycles. The number of aliphatic hydroxyl groups excluding tert-OH is 1. The van der Waals surface area contributed by atoms with E-state index in [1.807, 2.05) is 13.8 Å². The van der Waals surface area contributed by atoms with E-state index in [1.165, 1.54) is 4.68 Å². The number of nitrogens with one attached hydrogen (secondary N) is 1. The van der Waals surface area contributed by atoms with E-state index in [-0.39, 0.29) is 23.6 Å². The van der Waals surface area contributed by atoms with Crippen molar-refractivity contribution in [2.45, 2.75) is 13.8 Å². The Kier molecular flexibility index (Phi) is 3.41. The van der Waals surface area contributed by atoms with Crippen molar-refractivity contribution in [2.24, 2.45) is 12.5 Å². The summed E-state index contributed by atoms with van der Waals surface area (Å²) in [7, 11) is 1.70. The van der Waals surface area contributed by atoms with Crippen molar-refractivity contribution in [3.8, 4) is 0 Å². The van der Waals surface area contributed by atoms with Crippen molar-refractivity contribution in [1.29, 1.82) is 0 Å². The van der Waals surface area contributed by atoms with Crippen molar-refractivity contribution >= 4 is 5.91 Å². The van der Waals surface area contributed by atoms with Crippen LogP contribution < -0.4 is 5.32 Å². The Balaban J connectivity index is 2.50. The minimum atomic E-state index is -0.322. The SMILES string of the molecule is Cn1cc(C(=O)NCC(C)(C)CO)nn1. The summed E-state index contributed by atoms with van der Waals surface area (Å²) in [5.41, 5.74) is -0.0380. The van der Waals surface area contributed by atoms with E-state index < -0.39 is 0 Å². The van der Waals surface area contributed by atoms with Gasteiger partial charge in [-0.25, -0.2) is 0 Å². The molecule has 0 unspecified atom stereocenters. The average Bonchev–Trinajstić information content (AvgIpc) is 2.61. The number of aliphatic hydroxyl groups is 1. The van der Waals surface area contributed by atoms with Crippen LogP contribution in [-0.2, 0) is 7.05 Å². The van der Waals surface area contributed by atoms with E-state index in [0.29, 0.717) is 6.54 Å². The third kappa shape index (κ3) is 3.32. The van der Waals surface area contributed by atoms with E-state index in [0.717, 1.165) is 0 Å². The number of carbonyl (C=O) groups is 1. The van der Waals surface area contributed by atoms with Crippen molar-refractivity contribution in [3.63, 3.8) is 0 Å². The normalized spacial score (nSPS) is 11.5. The summed E-state index contributed by atoms with van der Waals surface area (Å²) in [6.45, 7) is 4.15. The van der Waals surface area contributed by atoms with Crippen LogP contribution in [0.2, 0.25) is 0 Å². The van der Waals surface area contributed by atoms with Crippen LogP contribution >= 0.6 is 0 Å². The molecular weight excluding hydrogens is 196 g/mol. The topological polar surface area (TPSA) is 80.0 Å². The molecule has 0 fully saturated rings. The van der Waals surface area contributed by atoms with Crippen molar-refractivity contribution in [2.75, 3.05) is 13.2 Å². The van der Waals surface area contributed by atoms with Crippen molar-refractivity contribution in [3.05, 3.63) is 11.9 Å². The number of hydrogen-bond acceptors (Lipinski definition) is 4. The quantitative estimate of drug-likeness (QED) is 0.709. The highest BCUT2D eigenvalue weighted by molar-refractivity contribution is 5.91. The summed E-state index contributed by atoms with van der Waals surface area (Å²) in [5, 5.41) is 19.0. The second-order valence-corrected chi connectivity index (χ2v) is 4.28. The number of amides is 1. The van der Waals surface area contributed by atoms with Crippen LogP contribution in [0.15, 0.2) is 6.20 Å². The Morgan fingerprint density at radius 2 is 2.33 bits per heavy atom. The van der Waals surface area contributed by atoms with Crippen molar-refractivity contribution < 1.29 is 9.90 Å². The lowest BCUT2D eigenvalue weighted by Crippen LogP contribution is -2.36. The van der Waals surface area contributed by atoms with Gasteiger partial charge in [-0.3, -0.25) is 9.48 Å². The van der Waals surface area contributed by atoms with Gasteiger partial charge in [0.2, 0.25) is 0 Å². The molecule has 6 heteroatoms. The first kappa shape index (κ1) is 11.6. The lowest BCUT2D eigenvalue weighted by molar-refractivity contribution is 0.0906. The predicted molar refractivity (Wildman–Crippen MR) is 54.2 cm³/mol. The van der Waals surface area contributed by atoms with Gasteiger partial charge in [0.25, 0.3) is 5.91 Å². The lowest BCUT2D eigenvalue weighted by atomic mass is 9.95. The average molecular weight is 212 g/mol. The molecule has 2 N–H and O–H groups in total. The fourth-order valence-electron chi connectivity index (χ4n) is 0.917. The number of hydrogen-bond donors (Lipinski definition) is 2. The van der Waals surface area contributed by atoms with E-state index in [4.69, 9.17) is 5.11 Å². The largest absolute Gasteiger partial charge is 0.396 e. The van der Waals surface area contributed by atoms with E-state index in [1.54, 1.807) is 13.2 Å². The first-order valence-electron chi connectivity index (χ1n) is 4.70. The molecule has 1 amide bonds. The van der Waals surface area contributed by atoms with E-state index >= 15 is 0 Å². The Morgan fingerprint density at radius 1 is 1.67 bits per heavy atom. The Morgan fingerprint density at radius 3 is 2.80 bits per heavy atom. The summed E-state index contributed by atoms with van der Waals surface area (Å²) >= 11 is 0. The number of carbonyl (C=O) groups excluding carboxylic acids is 1. The molecule has 1 aromatic rings. The molecule has 0 aliphatic heterocycles. The molecule has 0 saturated heterocycles. The molecule has 15 heavy (non-hydrogen) atoms. The highest BCUT2D eigenvalue weighted by atomic mass is 16.3. The number of rotatable bonds is 4. The van der Waals surface area contributed by atoms with Crippen LogP contribution in [0.1, 0.15) is 24.3 Å². The molecular formula is C9H16N4O2. The third-order valence-electron chi connectivity index (χ3n) is 1.99. The van der Waals surface area contributed by atoms with Gasteiger partial charge in [-0.2, -0.15) is 0 Å². The molecule has 0 aliphatic carbocycles. The van der Waals surface area contributed by atoms with Crippen LogP contribution in [0.5, 0.6) is 0 Å². The second-order valence-electron chi connectivity index (χ2n) is 4.28. The molecule has 1 rings (SSSR count). The number of nitrogens with zero attached hydrogens (tertiary/aromatic N) is 3. The standard InChI is InChI=1S/C9H16N4O2/c1-9(2,6-14)5-10-8(15)7-4-13(3)12-11-7/h4,14H,5-6H2,1-3H3,(H,10,15). The van der Waals surface area contributed by atoms with Gasteiger partial charge in [-0.1, -0.05) is 19.1 Å². The Labute approximate surface area is 88.3 Å². The highest BCUT2D eigenvalue weighted by Crippen LogP contribution is 2.11. The van der Waals surface area contributed by atoms with E-state index in [2.05, 4.69) is 15.6 Å². The second kappa shape index (κ2) is 4.39. The molecule has 0 radical (unpaired) electrons. The monoisotopic (exact) mass is 212 g/mol. The summed E-state index contributed by atoms with van der Waals surface area (Å²) in [5.74, 6) is -0.273. The molecule has 84 valence electrons. The highest BCUT2D eigenvalue weighted by Gasteiger charge is 2.18. The summed E-state index contributed by atoms with van der Waals surface area (Å²) in [4.78, 5) is 11.5. The summed E-state index contributed by atoms with van der Waals surface area (Å²) < 4.78 is 1.46. The number of aromatic nitrogens is 3. The van der Waals surface area contributed by atoms with Crippen LogP contribution in [0.3, 0.4) is 0 Å². The molecule has 0 aliphatic rings. The maximum Gasteiger partial charge on any atom is 0.273 e. The van der Waals surface area contributed by atoms with Gasteiger partial charge >= 0.3 is 0 Å². The molecule has 1 heterocycles. The molecule has 0 atom stereocenters. The van der Waals surface area contributed by atoms with Gasteiger partial charge in [-0.05, 0) is 0 Å². The molecule has 0 bridgehead atoms. The maximum atomic E-state index is 11.5. The Hall–Kier alpha value is -1.43. The third-order valence-corrected chi connectivity index (χ3v) is 1.99. The smallest absolute Gasteiger partial charge is 0.273 e. The fraction of sp³-hybridized carbons (Fsp3) is 0.667. The molecule has 6 nitrogen and oxygen atoms in total.